The van der Waals surface area contributed by atoms with Gasteiger partial charge in [-0.05, 0) is 35.2 Å². The normalized spacial score (nSPS) is 23.9. The molecule has 34 heavy (non-hydrogen) atoms. The highest BCUT2D eigenvalue weighted by atomic mass is 16.5. The zero-order valence-corrected chi connectivity index (χ0v) is 18.9. The summed E-state index contributed by atoms with van der Waals surface area (Å²) in [6.45, 7) is 4.57. The molecule has 1 unspecified atom stereocenters. The van der Waals surface area contributed by atoms with Gasteiger partial charge in [-0.15, -0.1) is 0 Å². The van der Waals surface area contributed by atoms with E-state index < -0.39 is 5.41 Å². The highest BCUT2D eigenvalue weighted by Gasteiger charge is 2.65. The van der Waals surface area contributed by atoms with Crippen molar-refractivity contribution in [2.75, 3.05) is 31.6 Å². The van der Waals surface area contributed by atoms with E-state index in [2.05, 4.69) is 68.9 Å². The number of aromatic amines is 1. The number of H-pyrrole nitrogens is 1. The van der Waals surface area contributed by atoms with Crippen LogP contribution in [0.4, 0.5) is 5.69 Å². The van der Waals surface area contributed by atoms with E-state index in [-0.39, 0.29) is 11.8 Å². The van der Waals surface area contributed by atoms with Crippen molar-refractivity contribution >= 4 is 22.5 Å². The number of morpholine rings is 1. The molecule has 2 aliphatic heterocycles. The number of aromatic nitrogens is 2. The minimum absolute atomic E-state index is 0.126. The van der Waals surface area contributed by atoms with Crippen LogP contribution in [0, 0.1) is 0 Å². The number of hydrogen-bond acceptors (Lipinski definition) is 4. The van der Waals surface area contributed by atoms with E-state index in [0.717, 1.165) is 72.7 Å². The average Bonchev–Trinajstić information content (AvgIpc) is 3.39. The number of nitrogens with zero attached hydrogens (tertiary/aromatic N) is 2. The summed E-state index contributed by atoms with van der Waals surface area (Å²) in [6.07, 6.45) is 0.854. The summed E-state index contributed by atoms with van der Waals surface area (Å²) < 4.78 is 5.45. The molecule has 4 aromatic rings. The van der Waals surface area contributed by atoms with Crippen molar-refractivity contribution in [2.24, 2.45) is 0 Å². The molecule has 3 aliphatic rings. The predicted octanol–water partition coefficient (Wildman–Crippen LogP) is 4.44. The molecule has 6 nitrogen and oxygen atoms in total. The highest BCUT2D eigenvalue weighted by Crippen LogP contribution is 2.65. The predicted molar refractivity (Wildman–Crippen MR) is 132 cm³/mol. The van der Waals surface area contributed by atoms with Gasteiger partial charge in [-0.3, -0.25) is 14.8 Å². The molecular weight excluding hydrogens is 424 g/mol. The van der Waals surface area contributed by atoms with E-state index in [4.69, 9.17) is 4.74 Å². The fraction of sp³-hybridized carbons (Fsp3) is 0.286. The smallest absolute Gasteiger partial charge is 0.235 e. The average molecular weight is 451 g/mol. The summed E-state index contributed by atoms with van der Waals surface area (Å²) in [5.41, 5.74) is 7.26. The van der Waals surface area contributed by atoms with Crippen LogP contribution in [0.15, 0.2) is 66.7 Å². The third-order valence-electron chi connectivity index (χ3n) is 7.75. The second kappa shape index (κ2) is 7.52. The van der Waals surface area contributed by atoms with E-state index in [1.807, 2.05) is 18.2 Å². The van der Waals surface area contributed by atoms with Crippen LogP contribution in [-0.2, 0) is 21.5 Å². The standard InChI is InChI=1S/C28H26N4O2/c33-27-28(22-3-1-2-4-24(22)29-27)16-23(28)20-9-10-21-25(15-20)30-31-26(21)19-7-5-18(6-8-19)17-32-11-13-34-14-12-32/h1-10,15,23H,11-14,16-17H2,(H,29,33)(H,30,31)/t23-,28?/m0/s1. The fourth-order valence-electron chi connectivity index (χ4n) is 5.81. The molecule has 1 amide bonds. The Morgan fingerprint density at radius 3 is 2.71 bits per heavy atom. The topological polar surface area (TPSA) is 70.2 Å². The molecule has 3 aromatic carbocycles. The number of carbonyl (C=O) groups excluding carboxylic acids is 1. The lowest BCUT2D eigenvalue weighted by Gasteiger charge is -2.26. The second-order valence-electron chi connectivity index (χ2n) is 9.69. The Morgan fingerprint density at radius 2 is 1.85 bits per heavy atom. The first-order valence-electron chi connectivity index (χ1n) is 12.0. The third kappa shape index (κ3) is 3.02. The molecule has 1 saturated heterocycles. The van der Waals surface area contributed by atoms with Crippen molar-refractivity contribution < 1.29 is 9.53 Å². The number of hydrogen-bond donors (Lipinski definition) is 2. The van der Waals surface area contributed by atoms with Gasteiger partial charge in [-0.1, -0.05) is 54.6 Å². The maximum Gasteiger partial charge on any atom is 0.235 e. The molecule has 6 heteroatoms. The summed E-state index contributed by atoms with van der Waals surface area (Å²) in [4.78, 5) is 15.3. The summed E-state index contributed by atoms with van der Waals surface area (Å²) in [6, 6.07) is 23.3. The molecule has 3 heterocycles. The van der Waals surface area contributed by atoms with Gasteiger partial charge in [-0.2, -0.15) is 5.10 Å². The lowest BCUT2D eigenvalue weighted by Crippen LogP contribution is -2.35. The molecule has 2 N–H and O–H groups in total. The number of rotatable bonds is 4. The van der Waals surface area contributed by atoms with E-state index in [1.54, 1.807) is 0 Å². The number of nitrogens with one attached hydrogen (secondary N) is 2. The largest absolute Gasteiger partial charge is 0.379 e. The Morgan fingerprint density at radius 1 is 1.03 bits per heavy atom. The molecule has 1 aromatic heterocycles. The van der Waals surface area contributed by atoms with Crippen molar-refractivity contribution in [3.63, 3.8) is 0 Å². The molecule has 0 bridgehead atoms. The number of para-hydroxylation sites is 1. The van der Waals surface area contributed by atoms with Crippen LogP contribution in [0.1, 0.15) is 29.0 Å². The summed E-state index contributed by atoms with van der Waals surface area (Å²) in [7, 11) is 0. The molecule has 0 radical (unpaired) electrons. The van der Waals surface area contributed by atoms with E-state index in [0.29, 0.717) is 0 Å². The number of anilines is 1. The number of carbonyl (C=O) groups is 1. The molecule has 7 rings (SSSR count). The number of benzene rings is 3. The zero-order valence-electron chi connectivity index (χ0n) is 18.9. The Kier molecular flexibility index (Phi) is 4.41. The molecule has 2 fully saturated rings. The number of amides is 1. The van der Waals surface area contributed by atoms with Gasteiger partial charge in [0.2, 0.25) is 5.91 Å². The molecule has 170 valence electrons. The minimum Gasteiger partial charge on any atom is -0.379 e. The highest BCUT2D eigenvalue weighted by molar-refractivity contribution is 6.10. The van der Waals surface area contributed by atoms with Crippen LogP contribution in [0.3, 0.4) is 0 Å². The Balaban J connectivity index is 1.14. The van der Waals surface area contributed by atoms with Crippen LogP contribution >= 0.6 is 0 Å². The van der Waals surface area contributed by atoms with Gasteiger partial charge in [-0.25, -0.2) is 0 Å². The van der Waals surface area contributed by atoms with Gasteiger partial charge in [0.15, 0.2) is 0 Å². The quantitative estimate of drug-likeness (QED) is 0.482. The SMILES string of the molecule is O=C1Nc2ccccc2C12C[C@H]2c1ccc2c(-c3ccc(CN4CCOCC4)cc3)n[nH]c2c1. The Hall–Kier alpha value is -3.48. The van der Waals surface area contributed by atoms with Gasteiger partial charge >= 0.3 is 0 Å². The van der Waals surface area contributed by atoms with Gasteiger partial charge in [0.05, 0.1) is 29.8 Å². The van der Waals surface area contributed by atoms with Crippen LogP contribution in [0.2, 0.25) is 0 Å². The minimum atomic E-state index is -0.413. The fourth-order valence-corrected chi connectivity index (χ4v) is 5.81. The summed E-state index contributed by atoms with van der Waals surface area (Å²) >= 11 is 0. The summed E-state index contributed by atoms with van der Waals surface area (Å²) in [5, 5.41) is 12.0. The van der Waals surface area contributed by atoms with Crippen molar-refractivity contribution in [2.45, 2.75) is 24.3 Å². The molecule has 1 spiro atoms. The van der Waals surface area contributed by atoms with Gasteiger partial charge < -0.3 is 10.1 Å². The summed E-state index contributed by atoms with van der Waals surface area (Å²) in [5.74, 6) is 0.327. The van der Waals surface area contributed by atoms with E-state index in [9.17, 15) is 4.79 Å². The number of ether oxygens (including phenoxy) is 1. The molecule has 1 saturated carbocycles. The van der Waals surface area contributed by atoms with E-state index >= 15 is 0 Å². The van der Waals surface area contributed by atoms with Crippen LogP contribution in [0.5, 0.6) is 0 Å². The lowest BCUT2D eigenvalue weighted by atomic mass is 9.91. The molecular formula is C28H26N4O2. The molecule has 2 atom stereocenters. The Labute approximate surface area is 197 Å². The van der Waals surface area contributed by atoms with Crippen molar-refractivity contribution in [1.82, 2.24) is 15.1 Å². The first kappa shape index (κ1) is 19.9. The van der Waals surface area contributed by atoms with Crippen LogP contribution < -0.4 is 5.32 Å². The van der Waals surface area contributed by atoms with E-state index in [1.165, 1.54) is 11.1 Å². The lowest BCUT2D eigenvalue weighted by molar-refractivity contribution is -0.118. The van der Waals surface area contributed by atoms with Gasteiger partial charge in [0.25, 0.3) is 0 Å². The number of fused-ring (bicyclic) bond motifs is 3. The maximum atomic E-state index is 12.9. The first-order chi connectivity index (χ1) is 16.7. The van der Waals surface area contributed by atoms with Crippen molar-refractivity contribution in [3.05, 3.63) is 83.4 Å². The van der Waals surface area contributed by atoms with Crippen LogP contribution in [-0.4, -0.2) is 47.3 Å². The van der Waals surface area contributed by atoms with Gasteiger partial charge in [0, 0.05) is 42.2 Å². The van der Waals surface area contributed by atoms with Crippen LogP contribution in [0.25, 0.3) is 22.2 Å². The molecule has 1 aliphatic carbocycles. The Bertz CT molecular complexity index is 1400. The first-order valence-corrected chi connectivity index (χ1v) is 12.0. The third-order valence-corrected chi connectivity index (χ3v) is 7.75. The van der Waals surface area contributed by atoms with Gasteiger partial charge in [0.1, 0.15) is 0 Å². The van der Waals surface area contributed by atoms with Crippen molar-refractivity contribution in [3.8, 4) is 11.3 Å². The maximum absolute atomic E-state index is 12.9. The van der Waals surface area contributed by atoms with Crippen molar-refractivity contribution in [1.29, 1.82) is 0 Å². The monoisotopic (exact) mass is 450 g/mol. The second-order valence-corrected chi connectivity index (χ2v) is 9.69. The zero-order chi connectivity index (χ0) is 22.7.